The minimum atomic E-state index is -0.410. The number of aliphatic imine (C=N–C) groups is 2. The van der Waals surface area contributed by atoms with Gasteiger partial charge in [0.1, 0.15) is 17.8 Å². The molecule has 200 valence electrons. The molecule has 0 saturated carbocycles. The quantitative estimate of drug-likeness (QED) is 0.0355. The van der Waals surface area contributed by atoms with E-state index in [0.29, 0.717) is 35.4 Å². The summed E-state index contributed by atoms with van der Waals surface area (Å²) in [7, 11) is 0. The SMILES string of the molecule is CCSCN=COOCSCCSCOC(=O)NCSCCSCN=COOCSCSCO. The van der Waals surface area contributed by atoms with E-state index in [1.165, 1.54) is 48.1 Å². The number of aliphatic hydroxyl groups is 1. The lowest BCUT2D eigenvalue weighted by Gasteiger charge is -2.06. The second-order valence-corrected chi connectivity index (χ2v) is 12.9. The minimum Gasteiger partial charge on any atom is -0.438 e. The highest BCUT2D eigenvalue weighted by Gasteiger charge is 2.01. The van der Waals surface area contributed by atoms with E-state index in [1.807, 2.05) is 0 Å². The summed E-state index contributed by atoms with van der Waals surface area (Å²) in [6.07, 6.45) is 2.18. The number of nitrogens with one attached hydrogen (secondary N) is 1. The molecule has 0 atom stereocenters. The van der Waals surface area contributed by atoms with Crippen molar-refractivity contribution >= 4 is 101 Å². The summed E-state index contributed by atoms with van der Waals surface area (Å²) >= 11 is 11.0. The highest BCUT2D eigenvalue weighted by Crippen LogP contribution is 2.11. The first-order valence-corrected chi connectivity index (χ1v) is 18.0. The summed E-state index contributed by atoms with van der Waals surface area (Å²) < 4.78 is 5.10. The Kier molecular flexibility index (Phi) is 32.1. The van der Waals surface area contributed by atoms with Crippen molar-refractivity contribution in [3.63, 3.8) is 0 Å². The number of aliphatic hydroxyl groups excluding tert-OH is 1. The molecule has 0 rings (SSSR count). The largest absolute Gasteiger partial charge is 0.438 e. The van der Waals surface area contributed by atoms with Gasteiger partial charge in [-0.3, -0.25) is 0 Å². The minimum absolute atomic E-state index is 0.105. The van der Waals surface area contributed by atoms with Crippen LogP contribution in [0.2, 0.25) is 0 Å². The third kappa shape index (κ3) is 30.6. The van der Waals surface area contributed by atoms with E-state index < -0.39 is 6.09 Å². The molecule has 0 bridgehead atoms. The summed E-state index contributed by atoms with van der Waals surface area (Å²) in [6.45, 7) is 2.07. The fraction of sp³-hybridized carbons (Fsp3) is 0.824. The van der Waals surface area contributed by atoms with Crippen LogP contribution in [0.1, 0.15) is 6.92 Å². The van der Waals surface area contributed by atoms with Gasteiger partial charge in [0.25, 0.3) is 0 Å². The van der Waals surface area contributed by atoms with Crippen molar-refractivity contribution < 1.29 is 34.2 Å². The van der Waals surface area contributed by atoms with Crippen LogP contribution in [0.5, 0.6) is 0 Å². The van der Waals surface area contributed by atoms with Crippen LogP contribution < -0.4 is 5.32 Å². The van der Waals surface area contributed by atoms with Gasteiger partial charge in [-0.05, 0) is 5.75 Å². The molecule has 0 aromatic heterocycles. The first-order chi connectivity index (χ1) is 16.8. The fourth-order valence-corrected chi connectivity index (χ4v) is 5.99. The smallest absolute Gasteiger partial charge is 0.408 e. The zero-order valence-corrected chi connectivity index (χ0v) is 24.7. The second-order valence-electron chi connectivity index (χ2n) is 5.15. The normalized spacial score (nSPS) is 11.4. The van der Waals surface area contributed by atoms with Crippen molar-refractivity contribution in [3.8, 4) is 0 Å². The van der Waals surface area contributed by atoms with E-state index in [2.05, 4.69) is 22.2 Å². The molecule has 17 heteroatoms. The zero-order chi connectivity index (χ0) is 24.8. The van der Waals surface area contributed by atoms with E-state index in [0.717, 1.165) is 33.8 Å². The highest BCUT2D eigenvalue weighted by molar-refractivity contribution is 8.15. The Morgan fingerprint density at radius 1 is 0.824 bits per heavy atom. The van der Waals surface area contributed by atoms with Crippen LogP contribution in [-0.4, -0.2) is 99.2 Å². The van der Waals surface area contributed by atoms with E-state index in [4.69, 9.17) is 29.4 Å². The Balaban J connectivity index is 3.23. The Morgan fingerprint density at radius 2 is 1.44 bits per heavy atom. The van der Waals surface area contributed by atoms with Crippen LogP contribution in [0.3, 0.4) is 0 Å². The van der Waals surface area contributed by atoms with E-state index in [1.54, 1.807) is 47.0 Å². The summed E-state index contributed by atoms with van der Waals surface area (Å²) in [5.74, 6) is 7.50. The van der Waals surface area contributed by atoms with Crippen molar-refractivity contribution in [2.24, 2.45) is 9.98 Å². The average molecular weight is 616 g/mol. The van der Waals surface area contributed by atoms with Gasteiger partial charge < -0.3 is 24.9 Å². The molecule has 0 aromatic carbocycles. The molecule has 34 heavy (non-hydrogen) atoms. The van der Waals surface area contributed by atoms with Crippen molar-refractivity contribution in [1.82, 2.24) is 5.32 Å². The Labute approximate surface area is 231 Å². The van der Waals surface area contributed by atoms with Crippen LogP contribution in [-0.2, 0) is 24.3 Å². The molecule has 0 aliphatic carbocycles. The van der Waals surface area contributed by atoms with Gasteiger partial charge in [0.2, 0.25) is 12.8 Å². The molecule has 2 N–H and O–H groups in total. The lowest BCUT2D eigenvalue weighted by Crippen LogP contribution is -2.24. The lowest BCUT2D eigenvalue weighted by atomic mass is 11.0. The van der Waals surface area contributed by atoms with Crippen molar-refractivity contribution in [2.45, 2.75) is 6.92 Å². The molecule has 0 heterocycles. The molecular weight excluding hydrogens is 583 g/mol. The number of amides is 1. The van der Waals surface area contributed by atoms with Crippen LogP contribution in [0.15, 0.2) is 9.98 Å². The highest BCUT2D eigenvalue weighted by atomic mass is 32.2. The van der Waals surface area contributed by atoms with Crippen molar-refractivity contribution in [1.29, 1.82) is 0 Å². The van der Waals surface area contributed by atoms with Gasteiger partial charge in [-0.1, -0.05) is 6.92 Å². The van der Waals surface area contributed by atoms with Gasteiger partial charge in [-0.15, -0.1) is 82.3 Å². The molecule has 0 aromatic rings. The van der Waals surface area contributed by atoms with Gasteiger partial charge in [0.05, 0.1) is 23.6 Å². The first kappa shape index (κ1) is 34.5. The number of rotatable bonds is 26. The number of hydrogen-bond donors (Lipinski definition) is 2. The standard InChI is InChI=1S/C17H33N3O7S7/c1-2-28-9-18-7-24-26-14-32-6-5-31-13-23-17(22)20-11-30-4-3-29-10-19-8-25-27-15-34-16-33-12-21/h7-8,21H,2-6,9-16H2,1H3,(H,20,22). The van der Waals surface area contributed by atoms with Crippen LogP contribution in [0.25, 0.3) is 0 Å². The molecule has 0 radical (unpaired) electrons. The Hall–Kier alpha value is 0.540. The number of thioether (sulfide) groups is 7. The molecule has 10 nitrogen and oxygen atoms in total. The molecule has 0 aliphatic rings. The molecule has 0 unspecified atom stereocenters. The number of carbonyl (C=O) groups excluding carboxylic acids is 1. The lowest BCUT2D eigenvalue weighted by molar-refractivity contribution is -0.196. The van der Waals surface area contributed by atoms with Gasteiger partial charge in [-0.25, -0.2) is 14.8 Å². The second kappa shape index (κ2) is 31.6. The van der Waals surface area contributed by atoms with E-state index >= 15 is 0 Å². The maximum atomic E-state index is 11.6. The predicted octanol–water partition coefficient (Wildman–Crippen LogP) is 4.47. The third-order valence-corrected chi connectivity index (χ3v) is 9.00. The summed E-state index contributed by atoms with van der Waals surface area (Å²) in [6, 6.07) is 0. The summed E-state index contributed by atoms with van der Waals surface area (Å²) in [4.78, 5) is 39.1. The summed E-state index contributed by atoms with van der Waals surface area (Å²) in [5, 5.41) is 12.1. The molecule has 0 saturated heterocycles. The van der Waals surface area contributed by atoms with Gasteiger partial charge in [0.15, 0.2) is 0 Å². The molecular formula is C17H33N3O7S7. The average Bonchev–Trinajstić information content (AvgIpc) is 2.84. The zero-order valence-electron chi connectivity index (χ0n) is 19.0. The number of carbonyl (C=O) groups is 1. The fourth-order valence-electron chi connectivity index (χ4n) is 1.38. The van der Waals surface area contributed by atoms with Gasteiger partial charge >= 0.3 is 6.09 Å². The van der Waals surface area contributed by atoms with Crippen LogP contribution in [0, 0.1) is 0 Å². The van der Waals surface area contributed by atoms with Gasteiger partial charge in [-0.2, -0.15) is 9.78 Å². The van der Waals surface area contributed by atoms with E-state index in [9.17, 15) is 4.79 Å². The molecule has 1 amide bonds. The van der Waals surface area contributed by atoms with E-state index in [-0.39, 0.29) is 5.94 Å². The van der Waals surface area contributed by atoms with Crippen molar-refractivity contribution in [2.75, 3.05) is 75.2 Å². The third-order valence-electron chi connectivity index (χ3n) is 2.76. The van der Waals surface area contributed by atoms with Crippen LogP contribution >= 0.6 is 82.3 Å². The molecule has 0 spiro atoms. The topological polar surface area (TPSA) is 120 Å². The van der Waals surface area contributed by atoms with Gasteiger partial charge in [0, 0.05) is 28.1 Å². The maximum Gasteiger partial charge on any atom is 0.408 e. The van der Waals surface area contributed by atoms with Crippen molar-refractivity contribution in [3.05, 3.63) is 0 Å². The molecule has 0 aliphatic heterocycles. The number of hydrogen-bond acceptors (Lipinski definition) is 16. The van der Waals surface area contributed by atoms with Crippen LogP contribution in [0.4, 0.5) is 4.79 Å². The molecule has 0 fully saturated rings. The monoisotopic (exact) mass is 615 g/mol. The Morgan fingerprint density at radius 3 is 2.15 bits per heavy atom. The number of nitrogens with zero attached hydrogens (tertiary/aromatic N) is 2. The number of ether oxygens (including phenoxy) is 1. The predicted molar refractivity (Wildman–Crippen MR) is 155 cm³/mol. The number of alkyl carbamates (subject to hydrolysis) is 1. The maximum absolute atomic E-state index is 11.6. The summed E-state index contributed by atoms with van der Waals surface area (Å²) in [5.41, 5.74) is 0. The first-order valence-electron chi connectivity index (χ1n) is 9.90. The Bertz CT molecular complexity index is 500.